The molecule has 1 heterocycles. The van der Waals surface area contributed by atoms with E-state index in [1.807, 2.05) is 47.8 Å². The van der Waals surface area contributed by atoms with Crippen molar-refractivity contribution in [2.24, 2.45) is 0 Å². The number of carbonyl (C=O) groups excluding carboxylic acids is 2. The van der Waals surface area contributed by atoms with Crippen LogP contribution in [0.1, 0.15) is 32.5 Å². The highest BCUT2D eigenvalue weighted by Crippen LogP contribution is 2.30. The number of thiophene rings is 1. The molecule has 0 amide bonds. The van der Waals surface area contributed by atoms with E-state index >= 15 is 0 Å². The molecule has 3 aromatic rings. The topological polar surface area (TPSA) is 57.5 Å². The Bertz CT molecular complexity index is 931. The number of ether oxygens (including phenoxy) is 1. The molecule has 0 N–H and O–H groups in total. The minimum absolute atomic E-state index is 0.0280. The normalized spacial score (nSPS) is 10.6. The van der Waals surface area contributed by atoms with Crippen molar-refractivity contribution >= 4 is 22.9 Å². The molecule has 0 saturated heterocycles. The molecule has 0 aliphatic carbocycles. The summed E-state index contributed by atoms with van der Waals surface area (Å²) < 4.78 is 5.78. The molecular weight excluding hydrogens is 358 g/mol. The van der Waals surface area contributed by atoms with Gasteiger partial charge < -0.3 is 4.74 Å². The van der Waals surface area contributed by atoms with Crippen molar-refractivity contribution in [1.29, 1.82) is 0 Å². The fraction of sp³-hybridized carbons (Fsp3) is 0.182. The van der Waals surface area contributed by atoms with E-state index in [2.05, 4.69) is 5.32 Å². The van der Waals surface area contributed by atoms with Gasteiger partial charge in [0.15, 0.2) is 5.78 Å². The van der Waals surface area contributed by atoms with Crippen LogP contribution in [0.5, 0.6) is 5.75 Å². The van der Waals surface area contributed by atoms with E-state index in [1.54, 1.807) is 26.1 Å². The number of carbonyl (C=O) groups is 2. The number of likely N-dealkylation sites (N-methyl/N-ethyl adjacent to an activating group) is 1. The molecule has 0 fully saturated rings. The van der Waals surface area contributed by atoms with Crippen molar-refractivity contribution in [2.45, 2.75) is 6.92 Å². The van der Waals surface area contributed by atoms with E-state index in [1.165, 1.54) is 11.3 Å². The summed E-state index contributed by atoms with van der Waals surface area (Å²) in [4.78, 5) is 25.1. The summed E-state index contributed by atoms with van der Waals surface area (Å²) in [5, 5.41) is 5.91. The third-order valence-electron chi connectivity index (χ3n) is 4.17. The van der Waals surface area contributed by atoms with Gasteiger partial charge in [0.2, 0.25) is 5.78 Å². The lowest BCUT2D eigenvalue weighted by Gasteiger charge is -2.12. The number of hydrogen-bond acceptors (Lipinski definition) is 4. The van der Waals surface area contributed by atoms with E-state index in [-0.39, 0.29) is 11.6 Å². The van der Waals surface area contributed by atoms with Gasteiger partial charge in [-0.05, 0) is 41.6 Å². The summed E-state index contributed by atoms with van der Waals surface area (Å²) in [6.07, 6.45) is 0. The van der Waals surface area contributed by atoms with Gasteiger partial charge in [-0.15, -0.1) is 11.3 Å². The molecule has 4 nitrogen and oxygen atoms in total. The number of benzene rings is 2. The van der Waals surface area contributed by atoms with Crippen LogP contribution >= 0.6 is 11.3 Å². The van der Waals surface area contributed by atoms with Crippen LogP contribution in [-0.2, 0) is 0 Å². The molecule has 1 radical (unpaired) electrons. The summed E-state index contributed by atoms with van der Waals surface area (Å²) in [6.45, 7) is 2.54. The highest BCUT2D eigenvalue weighted by atomic mass is 32.1. The van der Waals surface area contributed by atoms with Crippen LogP contribution in [0.4, 0.5) is 0 Å². The average Bonchev–Trinajstić information content (AvgIpc) is 3.23. The summed E-state index contributed by atoms with van der Waals surface area (Å²) >= 11 is 1.41. The van der Waals surface area contributed by atoms with E-state index in [4.69, 9.17) is 4.74 Å². The maximum absolute atomic E-state index is 13.0. The fourth-order valence-electron chi connectivity index (χ4n) is 2.70. The minimum Gasteiger partial charge on any atom is -0.491 e. The van der Waals surface area contributed by atoms with Crippen molar-refractivity contribution in [3.63, 3.8) is 0 Å². The molecule has 27 heavy (non-hydrogen) atoms. The molecule has 0 spiro atoms. The van der Waals surface area contributed by atoms with E-state index in [9.17, 15) is 9.59 Å². The van der Waals surface area contributed by atoms with Crippen LogP contribution in [0.2, 0.25) is 0 Å². The Morgan fingerprint density at radius 3 is 2.41 bits per heavy atom. The van der Waals surface area contributed by atoms with E-state index in [0.29, 0.717) is 34.9 Å². The van der Waals surface area contributed by atoms with Gasteiger partial charge in [-0.2, -0.15) is 0 Å². The first-order valence-electron chi connectivity index (χ1n) is 8.62. The number of hydrogen-bond donors (Lipinski definition) is 0. The van der Waals surface area contributed by atoms with Crippen molar-refractivity contribution < 1.29 is 14.3 Å². The Morgan fingerprint density at radius 1 is 1.04 bits per heavy atom. The van der Waals surface area contributed by atoms with Crippen LogP contribution < -0.4 is 10.1 Å². The molecule has 0 aliphatic heterocycles. The lowest BCUT2D eigenvalue weighted by atomic mass is 9.98. The Labute approximate surface area is 162 Å². The minimum atomic E-state index is -0.0596. The van der Waals surface area contributed by atoms with E-state index < -0.39 is 0 Å². The van der Waals surface area contributed by atoms with Gasteiger partial charge in [0.25, 0.3) is 0 Å². The smallest absolute Gasteiger partial charge is 0.206 e. The number of rotatable bonds is 8. The van der Waals surface area contributed by atoms with Gasteiger partial charge in [0, 0.05) is 19.2 Å². The lowest BCUT2D eigenvalue weighted by molar-refractivity contribution is 0.101. The van der Waals surface area contributed by atoms with Crippen molar-refractivity contribution in [3.05, 3.63) is 76.0 Å². The summed E-state index contributed by atoms with van der Waals surface area (Å²) in [6, 6.07) is 16.6. The van der Waals surface area contributed by atoms with Gasteiger partial charge in [0.1, 0.15) is 12.4 Å². The predicted molar refractivity (Wildman–Crippen MR) is 108 cm³/mol. The van der Waals surface area contributed by atoms with Crippen LogP contribution in [-0.4, -0.2) is 31.8 Å². The van der Waals surface area contributed by atoms with Crippen LogP contribution in [0.25, 0.3) is 11.1 Å². The third-order valence-corrected chi connectivity index (χ3v) is 5.04. The summed E-state index contributed by atoms with van der Waals surface area (Å²) in [7, 11) is 1.73. The second-order valence-corrected chi connectivity index (χ2v) is 6.99. The predicted octanol–water partition coefficient (Wildman–Crippen LogP) is 4.46. The standard InChI is InChI=1S/C22H20NO3S/c1-15(24)16-5-7-17(8-6-16)18-9-10-20(26-12-11-23-2)19(14-18)22(25)21-4-3-13-27-21/h3-10,13-14H,11-12H2,1-2H3. The molecule has 0 unspecified atom stereocenters. The molecule has 137 valence electrons. The Morgan fingerprint density at radius 2 is 1.78 bits per heavy atom. The first kappa shape index (κ1) is 19.0. The zero-order valence-electron chi connectivity index (χ0n) is 15.3. The second kappa shape index (κ2) is 8.75. The largest absolute Gasteiger partial charge is 0.491 e. The van der Waals surface area contributed by atoms with Gasteiger partial charge in [-0.3, -0.25) is 9.59 Å². The van der Waals surface area contributed by atoms with Crippen molar-refractivity contribution in [3.8, 4) is 16.9 Å². The highest BCUT2D eigenvalue weighted by molar-refractivity contribution is 7.12. The van der Waals surface area contributed by atoms with Gasteiger partial charge in [-0.25, -0.2) is 5.32 Å². The fourth-order valence-corrected chi connectivity index (χ4v) is 3.38. The van der Waals surface area contributed by atoms with Gasteiger partial charge >= 0.3 is 0 Å². The molecule has 0 aliphatic rings. The zero-order chi connectivity index (χ0) is 19.2. The third kappa shape index (κ3) is 4.51. The number of Topliss-reactive ketones (excluding diaryl/α,β-unsaturated/α-hetero) is 1. The zero-order valence-corrected chi connectivity index (χ0v) is 16.1. The lowest BCUT2D eigenvalue weighted by Crippen LogP contribution is -2.12. The maximum atomic E-state index is 13.0. The molecule has 3 rings (SSSR count). The first-order chi connectivity index (χ1) is 13.1. The molecule has 0 bridgehead atoms. The highest BCUT2D eigenvalue weighted by Gasteiger charge is 2.17. The number of nitrogens with zero attached hydrogens (tertiary/aromatic N) is 1. The van der Waals surface area contributed by atoms with Gasteiger partial charge in [0.05, 0.1) is 10.4 Å². The van der Waals surface area contributed by atoms with Crippen molar-refractivity contribution in [2.75, 3.05) is 20.2 Å². The van der Waals surface area contributed by atoms with Gasteiger partial charge in [-0.1, -0.05) is 36.4 Å². The van der Waals surface area contributed by atoms with Crippen LogP contribution in [0.15, 0.2) is 60.0 Å². The van der Waals surface area contributed by atoms with Crippen LogP contribution in [0.3, 0.4) is 0 Å². The Balaban J connectivity index is 1.97. The number of ketones is 2. The molecule has 1 aromatic heterocycles. The Hall–Kier alpha value is -2.76. The Kier molecular flexibility index (Phi) is 6.16. The van der Waals surface area contributed by atoms with Crippen LogP contribution in [0, 0.1) is 0 Å². The summed E-state index contributed by atoms with van der Waals surface area (Å²) in [5.74, 6) is 0.525. The SMILES string of the molecule is C[N]CCOc1ccc(-c2ccc(C(C)=O)cc2)cc1C(=O)c1cccs1. The molecule has 0 saturated carbocycles. The maximum Gasteiger partial charge on any atom is 0.206 e. The van der Waals surface area contributed by atoms with Crippen molar-refractivity contribution in [1.82, 2.24) is 5.32 Å². The molecule has 5 heteroatoms. The summed E-state index contributed by atoms with van der Waals surface area (Å²) in [5.41, 5.74) is 3.03. The van der Waals surface area contributed by atoms with E-state index in [0.717, 1.165) is 11.1 Å². The first-order valence-corrected chi connectivity index (χ1v) is 9.50. The monoisotopic (exact) mass is 378 g/mol. The second-order valence-electron chi connectivity index (χ2n) is 6.04. The molecular formula is C22H20NO3S. The molecule has 0 atom stereocenters. The molecule has 2 aromatic carbocycles. The average molecular weight is 378 g/mol. The quantitative estimate of drug-likeness (QED) is 0.429.